The van der Waals surface area contributed by atoms with Crippen molar-refractivity contribution in [2.75, 3.05) is 5.32 Å². The quantitative estimate of drug-likeness (QED) is 0.847. The van der Waals surface area contributed by atoms with Gasteiger partial charge in [0, 0.05) is 6.20 Å². The Labute approximate surface area is 151 Å². The zero-order chi connectivity index (χ0) is 18.6. The molecule has 2 aliphatic rings. The van der Waals surface area contributed by atoms with Crippen molar-refractivity contribution in [1.29, 1.82) is 0 Å². The lowest BCUT2D eigenvalue weighted by molar-refractivity contribution is 0.231. The number of hydrogen-bond donors (Lipinski definition) is 2. The Kier molecular flexibility index (Phi) is 5.67. The molecule has 2 aliphatic heterocycles. The second-order valence-electron chi connectivity index (χ2n) is 6.18. The molecule has 0 bridgehead atoms. The maximum Gasteiger partial charge on any atom is 0.133 e. The third-order valence-electron chi connectivity index (χ3n) is 4.16. The number of rotatable bonds is 3. The number of nitrogens with one attached hydrogen (secondary N) is 2. The molecular weight excluding hydrogens is 310 g/mol. The number of hydrogen-bond acceptors (Lipinski definition) is 5. The van der Waals surface area contributed by atoms with Gasteiger partial charge < -0.3 is 15.5 Å². The maximum absolute atomic E-state index is 4.27. The van der Waals surface area contributed by atoms with E-state index < -0.39 is 0 Å². The van der Waals surface area contributed by atoms with Crippen molar-refractivity contribution < 1.29 is 0 Å². The van der Waals surface area contributed by atoms with Gasteiger partial charge in [0.15, 0.2) is 0 Å². The Balaban J connectivity index is 0.00000109. The summed E-state index contributed by atoms with van der Waals surface area (Å²) < 4.78 is 0. The molecule has 1 aromatic rings. The van der Waals surface area contributed by atoms with Crippen molar-refractivity contribution in [2.45, 2.75) is 53.6 Å². The fourth-order valence-electron chi connectivity index (χ4n) is 3.25. The maximum atomic E-state index is 4.27. The number of allylic oxidation sites excluding steroid dienone is 3. The average Bonchev–Trinajstić information content (AvgIpc) is 2.86. The van der Waals surface area contributed by atoms with E-state index in [1.165, 1.54) is 11.3 Å². The van der Waals surface area contributed by atoms with E-state index in [1.807, 2.05) is 19.9 Å². The lowest BCUT2D eigenvalue weighted by Gasteiger charge is -2.39. The van der Waals surface area contributed by atoms with Crippen LogP contribution < -0.4 is 10.6 Å². The van der Waals surface area contributed by atoms with Gasteiger partial charge in [0.05, 0.1) is 22.8 Å². The van der Waals surface area contributed by atoms with Crippen LogP contribution in [-0.2, 0) is 0 Å². The molecule has 3 rings (SSSR count). The SMILES string of the molecule is C=C1NC(C)(C)N2C1=C(CC)C=C(Nc1ccncn1)/C2=C/C.CC. The summed E-state index contributed by atoms with van der Waals surface area (Å²) >= 11 is 0. The van der Waals surface area contributed by atoms with Gasteiger partial charge in [0.2, 0.25) is 0 Å². The predicted molar refractivity (Wildman–Crippen MR) is 104 cm³/mol. The summed E-state index contributed by atoms with van der Waals surface area (Å²) in [7, 11) is 0. The molecule has 0 saturated carbocycles. The predicted octanol–water partition coefficient (Wildman–Crippen LogP) is 4.54. The van der Waals surface area contributed by atoms with E-state index in [-0.39, 0.29) is 5.66 Å². The van der Waals surface area contributed by atoms with Gasteiger partial charge in [-0.25, -0.2) is 9.97 Å². The molecule has 5 nitrogen and oxygen atoms in total. The Hall–Kier alpha value is -2.56. The molecule has 134 valence electrons. The molecule has 2 N–H and O–H groups in total. The van der Waals surface area contributed by atoms with Gasteiger partial charge in [0.1, 0.15) is 17.8 Å². The van der Waals surface area contributed by atoms with Crippen LogP contribution in [0.2, 0.25) is 0 Å². The van der Waals surface area contributed by atoms with Crippen molar-refractivity contribution in [1.82, 2.24) is 20.2 Å². The highest BCUT2D eigenvalue weighted by Crippen LogP contribution is 2.42. The Morgan fingerprint density at radius 3 is 2.64 bits per heavy atom. The molecular formula is C20H29N5. The minimum Gasteiger partial charge on any atom is -0.362 e. The first-order chi connectivity index (χ1) is 12.0. The summed E-state index contributed by atoms with van der Waals surface area (Å²) in [5.74, 6) is 0.785. The number of fused-ring (bicyclic) bond motifs is 1. The minimum atomic E-state index is -0.221. The van der Waals surface area contributed by atoms with Gasteiger partial charge in [-0.15, -0.1) is 0 Å². The van der Waals surface area contributed by atoms with Gasteiger partial charge in [0.25, 0.3) is 0 Å². The van der Waals surface area contributed by atoms with Crippen LogP contribution in [0.25, 0.3) is 0 Å². The zero-order valence-electron chi connectivity index (χ0n) is 16.1. The van der Waals surface area contributed by atoms with E-state index in [9.17, 15) is 0 Å². The number of aromatic nitrogens is 2. The Morgan fingerprint density at radius 1 is 1.36 bits per heavy atom. The first kappa shape index (κ1) is 18.8. The summed E-state index contributed by atoms with van der Waals surface area (Å²) in [6, 6.07) is 1.87. The topological polar surface area (TPSA) is 53.1 Å². The Morgan fingerprint density at radius 2 is 2.08 bits per heavy atom. The first-order valence-corrected chi connectivity index (χ1v) is 8.90. The molecule has 0 radical (unpaired) electrons. The molecule has 25 heavy (non-hydrogen) atoms. The summed E-state index contributed by atoms with van der Waals surface area (Å²) in [5.41, 5.74) is 5.35. The molecule has 3 heterocycles. The smallest absolute Gasteiger partial charge is 0.133 e. The van der Waals surface area contributed by atoms with Gasteiger partial charge in [-0.3, -0.25) is 0 Å². The monoisotopic (exact) mass is 339 g/mol. The molecule has 0 aromatic carbocycles. The van der Waals surface area contributed by atoms with Crippen LogP contribution in [0.4, 0.5) is 5.82 Å². The number of nitrogens with zero attached hydrogens (tertiary/aromatic N) is 3. The zero-order valence-corrected chi connectivity index (χ0v) is 16.1. The highest BCUT2D eigenvalue weighted by molar-refractivity contribution is 5.59. The van der Waals surface area contributed by atoms with E-state index in [0.29, 0.717) is 0 Å². The second-order valence-corrected chi connectivity index (χ2v) is 6.18. The van der Waals surface area contributed by atoms with Gasteiger partial charge >= 0.3 is 0 Å². The van der Waals surface area contributed by atoms with Gasteiger partial charge in [-0.2, -0.15) is 0 Å². The second kappa shape index (κ2) is 7.55. The average molecular weight is 339 g/mol. The minimum absolute atomic E-state index is 0.221. The highest BCUT2D eigenvalue weighted by Gasteiger charge is 2.42. The summed E-state index contributed by atoms with van der Waals surface area (Å²) in [5, 5.41) is 6.91. The van der Waals surface area contributed by atoms with Crippen LogP contribution in [0.1, 0.15) is 48.0 Å². The molecule has 1 fully saturated rings. The largest absolute Gasteiger partial charge is 0.362 e. The van der Waals surface area contributed by atoms with Crippen molar-refractivity contribution >= 4 is 5.82 Å². The number of anilines is 1. The van der Waals surface area contributed by atoms with Crippen molar-refractivity contribution in [2.24, 2.45) is 0 Å². The van der Waals surface area contributed by atoms with Crippen molar-refractivity contribution in [3.05, 3.63) is 65.7 Å². The third kappa shape index (κ3) is 3.45. The third-order valence-corrected chi connectivity index (χ3v) is 4.16. The fraction of sp³-hybridized carbons (Fsp3) is 0.400. The molecule has 0 atom stereocenters. The normalized spacial score (nSPS) is 19.8. The standard InChI is InChI=1S/C18H23N5.C2H6/c1-6-13-10-14(21-16-8-9-19-11-20-16)15(7-2)23-17(13)12(3)22-18(23,4)5;1-2/h7-11,22H,3,6H2,1-2,4-5H3,(H,19,20,21);1-2H3/b15-7-;. The van der Waals surface area contributed by atoms with E-state index in [2.05, 4.69) is 71.9 Å². The van der Waals surface area contributed by atoms with Gasteiger partial charge in [-0.1, -0.05) is 33.4 Å². The van der Waals surface area contributed by atoms with Crippen LogP contribution in [0.3, 0.4) is 0 Å². The first-order valence-electron chi connectivity index (χ1n) is 8.90. The van der Waals surface area contributed by atoms with E-state index in [0.717, 1.165) is 29.3 Å². The van der Waals surface area contributed by atoms with Crippen LogP contribution in [0.15, 0.2) is 65.7 Å². The molecule has 0 spiro atoms. The lowest BCUT2D eigenvalue weighted by Crippen LogP contribution is -2.46. The highest BCUT2D eigenvalue weighted by atomic mass is 15.4. The lowest BCUT2D eigenvalue weighted by atomic mass is 9.99. The van der Waals surface area contributed by atoms with E-state index in [1.54, 1.807) is 12.5 Å². The Bertz CT molecular complexity index is 726. The molecule has 0 unspecified atom stereocenters. The molecule has 0 aliphatic carbocycles. The summed E-state index contributed by atoms with van der Waals surface area (Å²) in [6.45, 7) is 16.7. The van der Waals surface area contributed by atoms with Crippen molar-refractivity contribution in [3.8, 4) is 0 Å². The molecule has 0 amide bonds. The van der Waals surface area contributed by atoms with Crippen LogP contribution >= 0.6 is 0 Å². The summed E-state index contributed by atoms with van der Waals surface area (Å²) in [6.07, 6.45) is 8.53. The molecule has 1 aromatic heterocycles. The van der Waals surface area contributed by atoms with Crippen LogP contribution in [-0.4, -0.2) is 20.5 Å². The molecule has 5 heteroatoms. The van der Waals surface area contributed by atoms with E-state index >= 15 is 0 Å². The summed E-state index contributed by atoms with van der Waals surface area (Å²) in [4.78, 5) is 10.6. The van der Waals surface area contributed by atoms with Crippen LogP contribution in [0, 0.1) is 0 Å². The van der Waals surface area contributed by atoms with E-state index in [4.69, 9.17) is 0 Å². The van der Waals surface area contributed by atoms with Gasteiger partial charge in [-0.05, 0) is 44.9 Å². The molecule has 1 saturated heterocycles. The fourth-order valence-corrected chi connectivity index (χ4v) is 3.25. The van der Waals surface area contributed by atoms with Crippen molar-refractivity contribution in [3.63, 3.8) is 0 Å². The van der Waals surface area contributed by atoms with Crippen LogP contribution in [0.5, 0.6) is 0 Å².